The van der Waals surface area contributed by atoms with Gasteiger partial charge in [0.2, 0.25) is 11.1 Å². The number of hydrogen-bond acceptors (Lipinski definition) is 7. The Bertz CT molecular complexity index is 1110. The number of carbonyl (C=O) groups excluding carboxylic acids is 1. The molecule has 0 unspecified atom stereocenters. The summed E-state index contributed by atoms with van der Waals surface area (Å²) >= 11 is 1.36. The molecule has 1 aromatic carbocycles. The van der Waals surface area contributed by atoms with Gasteiger partial charge in [-0.25, -0.2) is 9.50 Å². The summed E-state index contributed by atoms with van der Waals surface area (Å²) in [5.74, 6) is 0.964. The first-order valence-electron chi connectivity index (χ1n) is 11.4. The zero-order valence-corrected chi connectivity index (χ0v) is 20.7. The number of nitrogens with zero attached hydrogens (tertiary/aromatic N) is 6. The number of likely N-dealkylation sites (N-methyl/N-ethyl adjacent to an activating group) is 1. The van der Waals surface area contributed by atoms with Gasteiger partial charge in [-0.2, -0.15) is 4.98 Å². The fraction of sp³-hybridized carbons (Fsp3) is 0.500. The lowest BCUT2D eigenvalue weighted by Gasteiger charge is -2.28. The molecule has 33 heavy (non-hydrogen) atoms. The smallest absolute Gasteiger partial charge is 0.253 e. The van der Waals surface area contributed by atoms with E-state index in [-0.39, 0.29) is 5.91 Å². The molecule has 0 bridgehead atoms. The van der Waals surface area contributed by atoms with Crippen LogP contribution < -0.4 is 0 Å². The minimum Gasteiger partial charge on any atom is -0.379 e. The van der Waals surface area contributed by atoms with Gasteiger partial charge in [0.25, 0.3) is 5.78 Å². The molecule has 0 N–H and O–H groups in total. The number of aromatic nitrogens is 4. The van der Waals surface area contributed by atoms with E-state index in [1.807, 2.05) is 14.0 Å². The van der Waals surface area contributed by atoms with Crippen molar-refractivity contribution in [3.05, 3.63) is 52.3 Å². The summed E-state index contributed by atoms with van der Waals surface area (Å²) in [5, 5.41) is 5.21. The molecule has 0 aliphatic carbocycles. The van der Waals surface area contributed by atoms with Gasteiger partial charge in [0.1, 0.15) is 0 Å². The van der Waals surface area contributed by atoms with Crippen LogP contribution in [0.2, 0.25) is 0 Å². The van der Waals surface area contributed by atoms with E-state index < -0.39 is 0 Å². The monoisotopic (exact) mass is 468 g/mol. The Labute approximate surface area is 199 Å². The lowest BCUT2D eigenvalue weighted by Crippen LogP contribution is -2.42. The maximum Gasteiger partial charge on any atom is 0.253 e. The van der Waals surface area contributed by atoms with Gasteiger partial charge in [-0.15, -0.1) is 5.10 Å². The Balaban J connectivity index is 1.38. The molecule has 1 aliphatic heterocycles. The van der Waals surface area contributed by atoms with E-state index >= 15 is 0 Å². The maximum absolute atomic E-state index is 12.6. The molecule has 176 valence electrons. The van der Waals surface area contributed by atoms with E-state index in [0.717, 1.165) is 56.2 Å². The van der Waals surface area contributed by atoms with Crippen LogP contribution in [0.25, 0.3) is 5.78 Å². The Morgan fingerprint density at radius 3 is 2.58 bits per heavy atom. The van der Waals surface area contributed by atoms with Gasteiger partial charge in [-0.1, -0.05) is 41.6 Å². The molecule has 0 spiro atoms. The van der Waals surface area contributed by atoms with Gasteiger partial charge in [-0.05, 0) is 31.9 Å². The number of amides is 1. The fourth-order valence-corrected chi connectivity index (χ4v) is 4.65. The lowest BCUT2D eigenvalue weighted by atomic mass is 10.0. The van der Waals surface area contributed by atoms with Crippen molar-refractivity contribution in [1.82, 2.24) is 29.4 Å². The minimum atomic E-state index is 0.0769. The molecule has 1 fully saturated rings. The number of carbonyl (C=O) groups is 1. The number of thioether (sulfide) groups is 1. The summed E-state index contributed by atoms with van der Waals surface area (Å²) < 4.78 is 7.17. The van der Waals surface area contributed by atoms with Gasteiger partial charge in [0.15, 0.2) is 0 Å². The van der Waals surface area contributed by atoms with Crippen LogP contribution in [0.5, 0.6) is 0 Å². The number of rotatable bonds is 8. The highest BCUT2D eigenvalue weighted by Crippen LogP contribution is 2.21. The number of benzene rings is 1. The SMILES string of the molecule is Cc1ccc(Cc2c(C)nc3nc(SCC(=O)N(C)CCN4CCOCC4)nn3c2C)cc1. The van der Waals surface area contributed by atoms with Crippen molar-refractivity contribution in [2.45, 2.75) is 32.3 Å². The number of hydrogen-bond donors (Lipinski definition) is 0. The molecule has 3 aromatic rings. The van der Waals surface area contributed by atoms with E-state index in [0.29, 0.717) is 23.2 Å². The van der Waals surface area contributed by atoms with E-state index in [1.54, 1.807) is 9.42 Å². The van der Waals surface area contributed by atoms with Gasteiger partial charge in [0.05, 0.1) is 19.0 Å². The Hall–Kier alpha value is -2.49. The van der Waals surface area contributed by atoms with Crippen LogP contribution in [-0.2, 0) is 16.0 Å². The Kier molecular flexibility index (Phi) is 7.62. The molecule has 8 nitrogen and oxygen atoms in total. The predicted octanol–water partition coefficient (Wildman–Crippen LogP) is 2.52. The zero-order valence-electron chi connectivity index (χ0n) is 19.9. The van der Waals surface area contributed by atoms with E-state index in [4.69, 9.17) is 4.74 Å². The number of fused-ring (bicyclic) bond motifs is 1. The minimum absolute atomic E-state index is 0.0769. The largest absolute Gasteiger partial charge is 0.379 e. The zero-order chi connectivity index (χ0) is 23.4. The highest BCUT2D eigenvalue weighted by atomic mass is 32.2. The first-order chi connectivity index (χ1) is 15.9. The molecule has 1 saturated heterocycles. The van der Waals surface area contributed by atoms with E-state index in [1.165, 1.54) is 22.9 Å². The Morgan fingerprint density at radius 2 is 1.85 bits per heavy atom. The second-order valence-corrected chi connectivity index (χ2v) is 9.53. The second-order valence-electron chi connectivity index (χ2n) is 8.59. The molecule has 0 atom stereocenters. The predicted molar refractivity (Wildman–Crippen MR) is 130 cm³/mol. The third-order valence-electron chi connectivity index (χ3n) is 6.14. The third-order valence-corrected chi connectivity index (χ3v) is 6.96. The van der Waals surface area contributed by atoms with Crippen molar-refractivity contribution in [1.29, 1.82) is 0 Å². The quantitative estimate of drug-likeness (QED) is 0.470. The van der Waals surface area contributed by atoms with Crippen molar-refractivity contribution in [3.8, 4) is 0 Å². The maximum atomic E-state index is 12.6. The van der Waals surface area contributed by atoms with E-state index in [9.17, 15) is 4.79 Å². The summed E-state index contributed by atoms with van der Waals surface area (Å²) in [6.07, 6.45) is 0.801. The van der Waals surface area contributed by atoms with Crippen LogP contribution in [0, 0.1) is 20.8 Å². The van der Waals surface area contributed by atoms with Crippen LogP contribution in [0.15, 0.2) is 29.4 Å². The number of morpholine rings is 1. The van der Waals surface area contributed by atoms with Crippen molar-refractivity contribution >= 4 is 23.4 Å². The highest BCUT2D eigenvalue weighted by molar-refractivity contribution is 7.99. The molecular weight excluding hydrogens is 436 g/mol. The molecule has 1 amide bonds. The van der Waals surface area contributed by atoms with Crippen molar-refractivity contribution in [2.75, 3.05) is 52.2 Å². The average Bonchev–Trinajstić information content (AvgIpc) is 3.23. The summed E-state index contributed by atoms with van der Waals surface area (Å²) in [6.45, 7) is 11.1. The number of aryl methyl sites for hydroxylation is 3. The summed E-state index contributed by atoms with van der Waals surface area (Å²) in [7, 11) is 1.85. The lowest BCUT2D eigenvalue weighted by molar-refractivity contribution is -0.127. The standard InChI is InChI=1S/C24H32N6O2S/c1-17-5-7-20(8-6-17)15-21-18(2)25-23-26-24(27-30(23)19(21)3)33-16-22(31)28(4)9-10-29-11-13-32-14-12-29/h5-8H,9-16H2,1-4H3. The fourth-order valence-electron chi connectivity index (χ4n) is 3.89. The van der Waals surface area contributed by atoms with Crippen molar-refractivity contribution in [2.24, 2.45) is 0 Å². The van der Waals surface area contributed by atoms with Crippen LogP contribution in [0.3, 0.4) is 0 Å². The summed E-state index contributed by atoms with van der Waals surface area (Å²) in [5.41, 5.74) is 5.65. The van der Waals surface area contributed by atoms with Crippen LogP contribution >= 0.6 is 11.8 Å². The van der Waals surface area contributed by atoms with Crippen molar-refractivity contribution in [3.63, 3.8) is 0 Å². The molecule has 0 saturated carbocycles. The molecule has 9 heteroatoms. The number of ether oxygens (including phenoxy) is 1. The summed E-state index contributed by atoms with van der Waals surface area (Å²) in [4.78, 5) is 25.9. The van der Waals surface area contributed by atoms with Gasteiger partial charge in [-0.3, -0.25) is 9.69 Å². The van der Waals surface area contributed by atoms with Gasteiger partial charge in [0, 0.05) is 51.0 Å². The first-order valence-corrected chi connectivity index (χ1v) is 12.3. The Morgan fingerprint density at radius 1 is 1.12 bits per heavy atom. The average molecular weight is 469 g/mol. The highest BCUT2D eigenvalue weighted by Gasteiger charge is 2.17. The van der Waals surface area contributed by atoms with Gasteiger partial charge < -0.3 is 9.64 Å². The van der Waals surface area contributed by atoms with Crippen LogP contribution in [-0.4, -0.2) is 87.5 Å². The molecule has 3 heterocycles. The second kappa shape index (κ2) is 10.6. The topological polar surface area (TPSA) is 75.9 Å². The van der Waals surface area contributed by atoms with Crippen LogP contribution in [0.4, 0.5) is 0 Å². The molecule has 0 radical (unpaired) electrons. The molecule has 4 rings (SSSR count). The third kappa shape index (κ3) is 5.90. The van der Waals surface area contributed by atoms with E-state index in [2.05, 4.69) is 58.1 Å². The normalized spacial score (nSPS) is 14.7. The van der Waals surface area contributed by atoms with Gasteiger partial charge >= 0.3 is 0 Å². The molecule has 2 aromatic heterocycles. The first kappa shape index (κ1) is 23.7. The summed E-state index contributed by atoms with van der Waals surface area (Å²) in [6, 6.07) is 8.57. The molecular formula is C24H32N6O2S. The van der Waals surface area contributed by atoms with Crippen molar-refractivity contribution < 1.29 is 9.53 Å². The van der Waals surface area contributed by atoms with Crippen LogP contribution in [0.1, 0.15) is 28.1 Å². The molecule has 1 aliphatic rings.